The Morgan fingerprint density at radius 2 is 1.70 bits per heavy atom. The van der Waals surface area contributed by atoms with Gasteiger partial charge < -0.3 is 39.0 Å². The summed E-state index contributed by atoms with van der Waals surface area (Å²) in [6.07, 6.45) is 3.96. The standard InChI is InChI=1S/C46H56N4O8S2Si/c1-44(2,3)61(4,5)58-37(32-12-15-35(51)41-33(32)13-16-40(52)48-41)29-47-28-30-11-14-34-36(25-30)57-43(54)50(34)20-8-19-49-21-17-45(18-22-49)26-31(27-45)56-42(53)46(55,38-9-6-23-59-38)39-10-7-24-60-39/h6-7,9-16,23-25,31,37,47,51,55H,8,17-22,26-29H2,1-5H3,(H,48,52)/t37-/m0/s1. The number of carbonyl (C=O) groups is 1. The van der Waals surface area contributed by atoms with Gasteiger partial charge in [-0.05, 0) is 134 Å². The highest BCUT2D eigenvalue weighted by Crippen LogP contribution is 2.51. The van der Waals surface area contributed by atoms with E-state index in [0.717, 1.165) is 73.8 Å². The molecule has 0 bridgehead atoms. The Balaban J connectivity index is 0.833. The smallest absolute Gasteiger partial charge is 0.419 e. The van der Waals surface area contributed by atoms with Gasteiger partial charge in [0, 0.05) is 31.1 Å². The lowest BCUT2D eigenvalue weighted by atomic mass is 9.61. The predicted octanol–water partition coefficient (Wildman–Crippen LogP) is 8.23. The normalized spacial score (nSPS) is 17.0. The zero-order valence-corrected chi connectivity index (χ0v) is 38.1. The van der Waals surface area contributed by atoms with Crippen molar-refractivity contribution in [3.05, 3.63) is 119 Å². The fourth-order valence-corrected chi connectivity index (χ4v) is 11.7. The number of aromatic hydroxyl groups is 1. The maximum atomic E-state index is 13.4. The molecule has 4 N–H and O–H groups in total. The summed E-state index contributed by atoms with van der Waals surface area (Å²) in [4.78, 5) is 45.0. The molecule has 4 aromatic heterocycles. The van der Waals surface area contributed by atoms with Crippen LogP contribution < -0.4 is 16.6 Å². The number of rotatable bonds is 15. The minimum absolute atomic E-state index is 0.0125. The van der Waals surface area contributed by atoms with Gasteiger partial charge in [-0.3, -0.25) is 9.36 Å². The van der Waals surface area contributed by atoms with Gasteiger partial charge in [-0.2, -0.15) is 0 Å². The van der Waals surface area contributed by atoms with Crippen LogP contribution in [0.4, 0.5) is 0 Å². The number of aliphatic hydroxyl groups is 1. The third kappa shape index (κ3) is 8.83. The van der Waals surface area contributed by atoms with Gasteiger partial charge in [0.25, 0.3) is 0 Å². The highest BCUT2D eigenvalue weighted by molar-refractivity contribution is 7.12. The molecule has 15 heteroatoms. The molecule has 61 heavy (non-hydrogen) atoms. The van der Waals surface area contributed by atoms with E-state index in [1.54, 1.807) is 28.8 Å². The van der Waals surface area contributed by atoms with Crippen LogP contribution in [0.15, 0.2) is 91.5 Å². The first-order chi connectivity index (χ1) is 29.0. The topological polar surface area (TPSA) is 159 Å². The average molecular weight is 885 g/mol. The molecule has 324 valence electrons. The second-order valence-corrected chi connectivity index (χ2v) is 25.1. The largest absolute Gasteiger partial charge is 0.506 e. The Hall–Kier alpha value is -4.35. The summed E-state index contributed by atoms with van der Waals surface area (Å²) >= 11 is 2.70. The Labute approximate surface area is 364 Å². The molecule has 0 unspecified atom stereocenters. The van der Waals surface area contributed by atoms with E-state index in [1.165, 1.54) is 28.7 Å². The van der Waals surface area contributed by atoms with Crippen molar-refractivity contribution in [2.75, 3.05) is 26.2 Å². The number of phenolic OH excluding ortho intramolecular Hbond substituents is 1. The van der Waals surface area contributed by atoms with Crippen LogP contribution in [0.25, 0.3) is 22.0 Å². The Kier molecular flexibility index (Phi) is 12.1. The minimum Gasteiger partial charge on any atom is -0.506 e. The maximum absolute atomic E-state index is 13.4. The molecule has 1 spiro atoms. The summed E-state index contributed by atoms with van der Waals surface area (Å²) in [7, 11) is -2.24. The van der Waals surface area contributed by atoms with E-state index in [2.05, 4.69) is 49.1 Å². The highest BCUT2D eigenvalue weighted by atomic mass is 32.1. The molecule has 12 nitrogen and oxygen atoms in total. The number of esters is 1. The monoisotopic (exact) mass is 884 g/mol. The number of carbonyl (C=O) groups excluding carboxylic acids is 1. The second kappa shape index (κ2) is 17.1. The fraction of sp³-hybridized carbons (Fsp3) is 0.457. The molecule has 8 rings (SSSR count). The van der Waals surface area contributed by atoms with Crippen molar-refractivity contribution >= 4 is 59.0 Å². The van der Waals surface area contributed by atoms with E-state index in [0.29, 0.717) is 40.5 Å². The number of hydrogen-bond donors (Lipinski definition) is 4. The van der Waals surface area contributed by atoms with E-state index < -0.39 is 19.9 Å². The van der Waals surface area contributed by atoms with E-state index in [4.69, 9.17) is 13.6 Å². The van der Waals surface area contributed by atoms with Crippen LogP contribution in [-0.4, -0.2) is 71.2 Å². The van der Waals surface area contributed by atoms with Crippen LogP contribution in [0.5, 0.6) is 5.75 Å². The zero-order valence-electron chi connectivity index (χ0n) is 35.5. The van der Waals surface area contributed by atoms with Gasteiger partial charge in [0.15, 0.2) is 13.9 Å². The third-order valence-corrected chi connectivity index (χ3v) is 19.8. The number of benzene rings is 2. The minimum atomic E-state index is -2.24. The van der Waals surface area contributed by atoms with Crippen molar-refractivity contribution in [2.45, 2.75) is 102 Å². The lowest BCUT2D eigenvalue weighted by molar-refractivity contribution is -0.181. The van der Waals surface area contributed by atoms with Gasteiger partial charge >= 0.3 is 11.7 Å². The van der Waals surface area contributed by atoms with Crippen molar-refractivity contribution in [2.24, 2.45) is 5.41 Å². The summed E-state index contributed by atoms with van der Waals surface area (Å²) in [5.74, 6) is -0.946. The molecule has 1 aliphatic heterocycles. The van der Waals surface area contributed by atoms with Crippen molar-refractivity contribution in [3.8, 4) is 5.75 Å². The molecule has 6 aromatic rings. The summed E-state index contributed by atoms with van der Waals surface area (Å²) in [5.41, 5.74) is 1.67. The molecule has 1 atom stereocenters. The van der Waals surface area contributed by atoms with E-state index in [-0.39, 0.29) is 39.7 Å². The van der Waals surface area contributed by atoms with Crippen LogP contribution in [0, 0.1) is 5.41 Å². The molecule has 0 amide bonds. The van der Waals surface area contributed by atoms with E-state index in [9.17, 15) is 24.6 Å². The molecule has 1 aliphatic carbocycles. The second-order valence-electron chi connectivity index (χ2n) is 18.4. The number of phenols is 1. The molecular formula is C46H56N4O8S2Si. The number of H-pyrrole nitrogens is 1. The lowest BCUT2D eigenvalue weighted by Crippen LogP contribution is -2.52. The quantitative estimate of drug-likeness (QED) is 0.0585. The Bertz CT molecular complexity index is 2560. The molecule has 5 heterocycles. The number of likely N-dealkylation sites (tertiary alicyclic amines) is 1. The first kappa shape index (κ1) is 43.3. The zero-order chi connectivity index (χ0) is 43.2. The van der Waals surface area contributed by atoms with E-state index in [1.807, 2.05) is 47.2 Å². The molecule has 2 fully saturated rings. The van der Waals surface area contributed by atoms with Gasteiger partial charge in [-0.15, -0.1) is 22.7 Å². The number of aryl methyl sites for hydroxylation is 1. The fourth-order valence-electron chi connectivity index (χ4n) is 8.70. The first-order valence-corrected chi connectivity index (χ1v) is 25.8. The average Bonchev–Trinajstić information content (AvgIpc) is 4.01. The van der Waals surface area contributed by atoms with Crippen LogP contribution in [-0.2, 0) is 32.6 Å². The lowest BCUT2D eigenvalue weighted by Gasteiger charge is -2.51. The van der Waals surface area contributed by atoms with Gasteiger partial charge in [-0.1, -0.05) is 45.0 Å². The number of fused-ring (bicyclic) bond motifs is 2. The summed E-state index contributed by atoms with van der Waals surface area (Å²) in [6, 6.07) is 19.8. The van der Waals surface area contributed by atoms with Crippen LogP contribution >= 0.6 is 22.7 Å². The van der Waals surface area contributed by atoms with Crippen molar-refractivity contribution < 1.29 is 28.6 Å². The van der Waals surface area contributed by atoms with Crippen LogP contribution in [0.1, 0.15) is 79.9 Å². The van der Waals surface area contributed by atoms with Crippen LogP contribution in [0.3, 0.4) is 0 Å². The number of ether oxygens (including phenoxy) is 1. The number of nitrogens with one attached hydrogen (secondary N) is 2. The number of hydrogen-bond acceptors (Lipinski definition) is 12. The van der Waals surface area contributed by atoms with E-state index >= 15 is 0 Å². The van der Waals surface area contributed by atoms with Gasteiger partial charge in [0.1, 0.15) is 11.9 Å². The SMILES string of the molecule is CC(C)(C)[Si](C)(C)O[C@@H](CNCc1ccc2c(c1)oc(=O)n2CCCN1CCC2(CC1)CC(OC(=O)C(O)(c1cccs1)c1cccs1)C2)c1ccc(O)c2[nH]c(=O)ccc12. The third-order valence-electron chi connectivity index (χ3n) is 13.3. The summed E-state index contributed by atoms with van der Waals surface area (Å²) < 4.78 is 20.4. The molecule has 2 aliphatic rings. The molecule has 0 radical (unpaired) electrons. The molecular weight excluding hydrogens is 829 g/mol. The predicted molar refractivity (Wildman–Crippen MR) is 243 cm³/mol. The number of piperidine rings is 1. The van der Waals surface area contributed by atoms with Gasteiger partial charge in [0.2, 0.25) is 11.2 Å². The molecule has 2 aromatic carbocycles. The number of aromatic amines is 1. The molecule has 1 saturated carbocycles. The first-order valence-electron chi connectivity index (χ1n) is 21.1. The maximum Gasteiger partial charge on any atom is 0.419 e. The number of nitrogens with zero attached hydrogens (tertiary/aromatic N) is 2. The summed E-state index contributed by atoms with van der Waals surface area (Å²) in [6.45, 7) is 15.3. The number of aromatic nitrogens is 2. The number of thiophene rings is 2. The van der Waals surface area contributed by atoms with Crippen molar-refractivity contribution in [1.82, 2.24) is 19.8 Å². The highest BCUT2D eigenvalue weighted by Gasteiger charge is 2.51. The van der Waals surface area contributed by atoms with Crippen molar-refractivity contribution in [3.63, 3.8) is 0 Å². The molecule has 1 saturated heterocycles. The van der Waals surface area contributed by atoms with Crippen LogP contribution in [0.2, 0.25) is 18.1 Å². The number of oxazole rings is 1. The summed E-state index contributed by atoms with van der Waals surface area (Å²) in [5, 5.41) is 30.1. The number of pyridine rings is 1. The Morgan fingerprint density at radius 3 is 2.36 bits per heavy atom. The van der Waals surface area contributed by atoms with Crippen molar-refractivity contribution in [1.29, 1.82) is 0 Å². The van der Waals surface area contributed by atoms with Gasteiger partial charge in [0.05, 0.1) is 26.9 Å². The Morgan fingerprint density at radius 1 is 1.00 bits per heavy atom. The van der Waals surface area contributed by atoms with Gasteiger partial charge in [-0.25, -0.2) is 9.59 Å².